The Hall–Kier alpha value is -2.58. The molecule has 2 N–H and O–H groups in total. The Morgan fingerprint density at radius 2 is 2.07 bits per heavy atom. The number of hydrogen-bond donors (Lipinski definition) is 2. The lowest BCUT2D eigenvalue weighted by Gasteiger charge is -2.29. The van der Waals surface area contributed by atoms with Crippen LogP contribution in [0.1, 0.15) is 12.0 Å². The number of rotatable bonds is 5. The molecule has 2 aromatic rings. The molecule has 1 saturated heterocycles. The molecule has 1 unspecified atom stereocenters. The number of hydrogen-bond acceptors (Lipinski definition) is 6. The van der Waals surface area contributed by atoms with Crippen molar-refractivity contribution in [3.05, 3.63) is 48.2 Å². The number of para-hydroxylation sites is 1. The number of benzene rings is 1. The molecule has 1 aromatic heterocycles. The monoisotopic (exact) mass is 398 g/mol. The van der Waals surface area contributed by atoms with E-state index in [9.17, 15) is 9.59 Å². The molecule has 1 fully saturated rings. The molecule has 2 aliphatic rings. The van der Waals surface area contributed by atoms with Gasteiger partial charge in [-0.25, -0.2) is 4.98 Å². The minimum Gasteiger partial charge on any atom is -0.378 e. The second-order valence-electron chi connectivity index (χ2n) is 6.66. The third-order valence-corrected chi connectivity index (χ3v) is 6.01. The number of morpholine rings is 1. The van der Waals surface area contributed by atoms with Gasteiger partial charge in [-0.15, -0.1) is 11.8 Å². The summed E-state index contributed by atoms with van der Waals surface area (Å²) in [6.45, 7) is 3.32. The van der Waals surface area contributed by atoms with Gasteiger partial charge in [0.25, 0.3) is 0 Å². The number of nitrogens with one attached hydrogen (secondary N) is 2. The molecule has 1 aromatic carbocycles. The molecule has 28 heavy (non-hydrogen) atoms. The summed E-state index contributed by atoms with van der Waals surface area (Å²) in [4.78, 5) is 32.4. The summed E-state index contributed by atoms with van der Waals surface area (Å²) in [5.41, 5.74) is 1.77. The van der Waals surface area contributed by atoms with Crippen LogP contribution in [0.4, 0.5) is 11.5 Å². The molecular weight excluding hydrogens is 376 g/mol. The summed E-state index contributed by atoms with van der Waals surface area (Å²) in [6, 6.07) is 11.5. The van der Waals surface area contributed by atoms with E-state index in [1.807, 2.05) is 36.4 Å². The first-order valence-electron chi connectivity index (χ1n) is 9.30. The number of carbonyl (C=O) groups excluding carboxylic acids is 2. The van der Waals surface area contributed by atoms with Crippen LogP contribution in [0, 0.1) is 0 Å². The zero-order valence-electron chi connectivity index (χ0n) is 15.4. The Labute approximate surface area is 167 Å². The zero-order chi connectivity index (χ0) is 19.3. The fraction of sp³-hybridized carbons (Fsp3) is 0.350. The molecule has 1 atom stereocenters. The normalized spacial score (nSPS) is 18.9. The molecule has 2 amide bonds. The van der Waals surface area contributed by atoms with E-state index >= 15 is 0 Å². The van der Waals surface area contributed by atoms with Crippen molar-refractivity contribution in [1.82, 2.24) is 10.3 Å². The van der Waals surface area contributed by atoms with Crippen molar-refractivity contribution in [2.75, 3.05) is 36.5 Å². The number of nitrogens with zero attached hydrogens (tertiary/aromatic N) is 2. The van der Waals surface area contributed by atoms with E-state index in [2.05, 4.69) is 20.5 Å². The van der Waals surface area contributed by atoms with Crippen LogP contribution in [0.2, 0.25) is 0 Å². The minimum absolute atomic E-state index is 0.130. The molecule has 146 valence electrons. The maximum atomic E-state index is 12.5. The third kappa shape index (κ3) is 4.28. The number of anilines is 2. The lowest BCUT2D eigenvalue weighted by atomic mass is 10.2. The summed E-state index contributed by atoms with van der Waals surface area (Å²) < 4.78 is 5.40. The van der Waals surface area contributed by atoms with Crippen molar-refractivity contribution in [2.45, 2.75) is 23.1 Å². The Kier molecular flexibility index (Phi) is 5.78. The molecule has 0 radical (unpaired) electrons. The van der Waals surface area contributed by atoms with E-state index in [1.54, 1.807) is 6.20 Å². The van der Waals surface area contributed by atoms with E-state index < -0.39 is 5.25 Å². The molecule has 3 heterocycles. The third-order valence-electron chi connectivity index (χ3n) is 4.73. The van der Waals surface area contributed by atoms with E-state index in [0.717, 1.165) is 35.1 Å². The van der Waals surface area contributed by atoms with E-state index in [0.29, 0.717) is 19.8 Å². The van der Waals surface area contributed by atoms with E-state index in [1.165, 1.54) is 11.8 Å². The quantitative estimate of drug-likeness (QED) is 0.802. The van der Waals surface area contributed by atoms with Crippen LogP contribution in [-0.4, -0.2) is 48.4 Å². The Balaban J connectivity index is 1.36. The number of ether oxygens (including phenoxy) is 1. The number of amides is 2. The van der Waals surface area contributed by atoms with Gasteiger partial charge in [-0.2, -0.15) is 0 Å². The predicted octanol–water partition coefficient (Wildman–Crippen LogP) is 2.04. The number of aromatic nitrogens is 1. The fourth-order valence-corrected chi connectivity index (χ4v) is 4.40. The van der Waals surface area contributed by atoms with Crippen molar-refractivity contribution in [1.29, 1.82) is 0 Å². The fourth-order valence-electron chi connectivity index (χ4n) is 3.29. The van der Waals surface area contributed by atoms with Gasteiger partial charge in [-0.1, -0.05) is 18.2 Å². The van der Waals surface area contributed by atoms with Crippen molar-refractivity contribution >= 4 is 35.1 Å². The summed E-state index contributed by atoms with van der Waals surface area (Å²) in [5, 5.41) is 5.38. The minimum atomic E-state index is -0.428. The summed E-state index contributed by atoms with van der Waals surface area (Å²) in [5.74, 6) is 0.600. The van der Waals surface area contributed by atoms with Crippen LogP contribution < -0.4 is 15.5 Å². The smallest absolute Gasteiger partial charge is 0.238 e. The average molecular weight is 398 g/mol. The van der Waals surface area contributed by atoms with Crippen molar-refractivity contribution < 1.29 is 14.3 Å². The van der Waals surface area contributed by atoms with Gasteiger partial charge in [0.05, 0.1) is 24.2 Å². The maximum absolute atomic E-state index is 12.5. The topological polar surface area (TPSA) is 83.6 Å². The average Bonchev–Trinajstić information content (AvgIpc) is 2.74. The van der Waals surface area contributed by atoms with E-state index in [-0.39, 0.29) is 18.2 Å². The standard InChI is InChI=1S/C20H22N4O3S/c25-18(12-17-20(26)23-15-5-1-2-6-16(15)28-17)22-13-14-4-3-7-21-19(14)24-8-10-27-11-9-24/h1-7,17H,8-13H2,(H,22,25)(H,23,26). The van der Waals surface area contributed by atoms with Crippen LogP contribution in [0.3, 0.4) is 0 Å². The number of carbonyl (C=O) groups is 2. The first-order chi connectivity index (χ1) is 13.7. The van der Waals surface area contributed by atoms with Gasteiger partial charge in [-0.3, -0.25) is 9.59 Å². The van der Waals surface area contributed by atoms with Gasteiger partial charge < -0.3 is 20.3 Å². The molecule has 7 nitrogen and oxygen atoms in total. The largest absolute Gasteiger partial charge is 0.378 e. The highest BCUT2D eigenvalue weighted by molar-refractivity contribution is 8.01. The Morgan fingerprint density at radius 3 is 2.93 bits per heavy atom. The number of pyridine rings is 1. The van der Waals surface area contributed by atoms with Crippen molar-refractivity contribution in [3.8, 4) is 0 Å². The molecule has 0 bridgehead atoms. The first-order valence-corrected chi connectivity index (χ1v) is 10.2. The van der Waals surface area contributed by atoms with Crippen LogP contribution >= 0.6 is 11.8 Å². The first kappa shape index (κ1) is 18.8. The van der Waals surface area contributed by atoms with E-state index in [4.69, 9.17) is 4.74 Å². The van der Waals surface area contributed by atoms with Gasteiger partial charge >= 0.3 is 0 Å². The van der Waals surface area contributed by atoms with Crippen molar-refractivity contribution in [3.63, 3.8) is 0 Å². The highest BCUT2D eigenvalue weighted by Crippen LogP contribution is 2.36. The zero-order valence-corrected chi connectivity index (χ0v) is 16.2. The van der Waals surface area contributed by atoms with Gasteiger partial charge in [-0.05, 0) is 18.2 Å². The lowest BCUT2D eigenvalue weighted by molar-refractivity contribution is -0.124. The second-order valence-corrected chi connectivity index (χ2v) is 7.90. The Bertz CT molecular complexity index is 870. The maximum Gasteiger partial charge on any atom is 0.238 e. The number of thioether (sulfide) groups is 1. The Morgan fingerprint density at radius 1 is 1.25 bits per heavy atom. The van der Waals surface area contributed by atoms with Crippen LogP contribution in [0.15, 0.2) is 47.5 Å². The summed E-state index contributed by atoms with van der Waals surface area (Å²) in [6.07, 6.45) is 1.90. The summed E-state index contributed by atoms with van der Waals surface area (Å²) in [7, 11) is 0. The van der Waals surface area contributed by atoms with Gasteiger partial charge in [0, 0.05) is 42.7 Å². The molecule has 0 spiro atoms. The highest BCUT2D eigenvalue weighted by atomic mass is 32.2. The van der Waals surface area contributed by atoms with Gasteiger partial charge in [0.1, 0.15) is 5.82 Å². The summed E-state index contributed by atoms with van der Waals surface area (Å²) >= 11 is 1.43. The lowest BCUT2D eigenvalue weighted by Crippen LogP contribution is -2.38. The van der Waals surface area contributed by atoms with Crippen molar-refractivity contribution in [2.24, 2.45) is 0 Å². The molecule has 0 saturated carbocycles. The SMILES string of the molecule is O=C(CC1Sc2ccccc2NC1=O)NCc1cccnc1N1CCOCC1. The van der Waals surface area contributed by atoms with Crippen LogP contribution in [0.25, 0.3) is 0 Å². The number of fused-ring (bicyclic) bond motifs is 1. The molecule has 2 aliphatic heterocycles. The molecular formula is C20H22N4O3S. The highest BCUT2D eigenvalue weighted by Gasteiger charge is 2.28. The molecule has 4 rings (SSSR count). The van der Waals surface area contributed by atoms with Crippen LogP contribution in [-0.2, 0) is 20.9 Å². The van der Waals surface area contributed by atoms with Gasteiger partial charge in [0.15, 0.2) is 0 Å². The molecule has 8 heteroatoms. The van der Waals surface area contributed by atoms with Crippen LogP contribution in [0.5, 0.6) is 0 Å². The second kappa shape index (κ2) is 8.62. The molecule has 0 aliphatic carbocycles. The predicted molar refractivity (Wildman–Crippen MR) is 108 cm³/mol. The van der Waals surface area contributed by atoms with Gasteiger partial charge in [0.2, 0.25) is 11.8 Å².